The molecule has 156 valence electrons. The Morgan fingerprint density at radius 3 is 2.43 bits per heavy atom. The third kappa shape index (κ3) is 7.10. The molecule has 0 bridgehead atoms. The number of phenolic OH excluding ortho intramolecular Hbond substituents is 1. The van der Waals surface area contributed by atoms with Crippen LogP contribution in [0.15, 0.2) is 36.4 Å². The first-order chi connectivity index (χ1) is 14.0. The van der Waals surface area contributed by atoms with Gasteiger partial charge in [0.25, 0.3) is 0 Å². The molecule has 0 unspecified atom stereocenters. The fraction of sp³-hybridized carbons (Fsp3) is 0.318. The molecule has 3 rings (SSSR count). The number of anilines is 1. The van der Waals surface area contributed by atoms with Gasteiger partial charge in [-0.3, -0.25) is 0 Å². The Labute approximate surface area is 189 Å². The Morgan fingerprint density at radius 2 is 1.93 bits per heavy atom. The van der Waals surface area contributed by atoms with Gasteiger partial charge in [-0.25, -0.2) is 0 Å². The fourth-order valence-electron chi connectivity index (χ4n) is 2.83. The van der Waals surface area contributed by atoms with E-state index in [1.165, 1.54) is 13.2 Å². The van der Waals surface area contributed by atoms with Crippen LogP contribution >= 0.6 is 0 Å². The Bertz CT molecular complexity index is 822. The summed E-state index contributed by atoms with van der Waals surface area (Å²) in [5, 5.41) is 20.4. The SMILES string of the molecule is C[CH-]Cc1cc(OC)c(O)cc1C(=[N-])c1ccc(N)cc1.O=[C-]N1CCOCC1.[Li+]. The zero-order valence-corrected chi connectivity index (χ0v) is 17.7. The van der Waals surface area contributed by atoms with E-state index in [0.29, 0.717) is 55.3 Å². The molecular weight excluding hydrogens is 377 g/mol. The molecule has 0 spiro atoms. The number of nitrogen functional groups attached to an aromatic ring is 1. The molecule has 1 aliphatic rings. The summed E-state index contributed by atoms with van der Waals surface area (Å²) in [6.07, 6.45) is 4.44. The van der Waals surface area contributed by atoms with E-state index in [-0.39, 0.29) is 30.3 Å². The van der Waals surface area contributed by atoms with Crippen molar-refractivity contribution in [2.45, 2.75) is 13.3 Å². The number of aromatic hydroxyl groups is 1. The van der Waals surface area contributed by atoms with Crippen LogP contribution < -0.4 is 29.3 Å². The van der Waals surface area contributed by atoms with Crippen molar-refractivity contribution in [2.24, 2.45) is 0 Å². The minimum atomic E-state index is -0.00523. The van der Waals surface area contributed by atoms with Crippen LogP contribution in [0.25, 0.3) is 5.41 Å². The number of ether oxygens (including phenoxy) is 2. The molecule has 0 atom stereocenters. The maximum atomic E-state index is 10.5. The molecule has 30 heavy (non-hydrogen) atoms. The van der Waals surface area contributed by atoms with E-state index in [1.807, 2.05) is 19.8 Å². The molecule has 2 aromatic carbocycles. The number of nitrogens with two attached hydrogens (primary N) is 1. The molecule has 1 saturated heterocycles. The maximum absolute atomic E-state index is 10.5. The monoisotopic (exact) mass is 403 g/mol. The van der Waals surface area contributed by atoms with E-state index >= 15 is 0 Å². The van der Waals surface area contributed by atoms with Crippen molar-refractivity contribution in [2.75, 3.05) is 39.1 Å². The van der Waals surface area contributed by atoms with Gasteiger partial charge in [0, 0.05) is 18.8 Å². The number of benzene rings is 2. The standard InChI is InChI=1S/C17H18N2O2.C5H8NO2.Li/c1-3-4-12-9-16(21-2)15(20)10-14(12)17(19)11-5-7-13(18)8-6-11;7-5-6-1-3-8-4-2-6;/h3,5-10,20H,4,18H2,1-2H3;1-4H2;/q-2;-1;+1. The fourth-order valence-corrected chi connectivity index (χ4v) is 2.83. The predicted octanol–water partition coefficient (Wildman–Crippen LogP) is -0.454. The number of morpholine rings is 1. The summed E-state index contributed by atoms with van der Waals surface area (Å²) in [6.45, 7) is 4.65. The van der Waals surface area contributed by atoms with Gasteiger partial charge in [0.2, 0.25) is 0 Å². The molecule has 3 N–H and O–H groups in total. The summed E-state index contributed by atoms with van der Waals surface area (Å²) in [4.78, 5) is 11.5. The van der Waals surface area contributed by atoms with E-state index in [0.717, 1.165) is 5.56 Å². The van der Waals surface area contributed by atoms with Gasteiger partial charge < -0.3 is 41.8 Å². The Balaban J connectivity index is 0.000000421. The summed E-state index contributed by atoms with van der Waals surface area (Å²) >= 11 is 0. The number of carbonyl (C=O) groups excluding carboxylic acids is 1. The van der Waals surface area contributed by atoms with Crippen molar-refractivity contribution in [3.63, 3.8) is 0 Å². The molecule has 1 aliphatic heterocycles. The number of hydrogen-bond donors (Lipinski definition) is 2. The van der Waals surface area contributed by atoms with Crippen LogP contribution in [0.2, 0.25) is 0 Å². The second kappa shape index (κ2) is 13.0. The summed E-state index contributed by atoms with van der Waals surface area (Å²) in [6, 6.07) is 10.2. The smallest absolute Gasteiger partial charge is 0.803 e. The zero-order chi connectivity index (χ0) is 21.2. The molecule has 7 nitrogen and oxygen atoms in total. The average molecular weight is 403 g/mol. The van der Waals surface area contributed by atoms with Gasteiger partial charge in [0.15, 0.2) is 11.5 Å². The summed E-state index contributed by atoms with van der Waals surface area (Å²) in [5.41, 5.74) is 8.49. The van der Waals surface area contributed by atoms with Crippen molar-refractivity contribution in [3.8, 4) is 11.5 Å². The van der Waals surface area contributed by atoms with Crippen LogP contribution in [-0.4, -0.2) is 55.5 Å². The van der Waals surface area contributed by atoms with Crippen molar-refractivity contribution < 1.29 is 38.2 Å². The minimum absolute atomic E-state index is 0. The molecule has 1 amide bonds. The topological polar surface area (TPSA) is 107 Å². The molecule has 1 fully saturated rings. The number of methoxy groups -OCH3 is 1. The molecule has 8 heteroatoms. The number of phenols is 1. The summed E-state index contributed by atoms with van der Waals surface area (Å²) < 4.78 is 10.1. The normalized spacial score (nSPS) is 12.8. The quantitative estimate of drug-likeness (QED) is 0.294. The van der Waals surface area contributed by atoms with Crippen molar-refractivity contribution in [1.82, 2.24) is 4.90 Å². The first-order valence-electron chi connectivity index (χ1n) is 9.30. The Hall–Kier alpha value is -2.46. The van der Waals surface area contributed by atoms with Gasteiger partial charge in [-0.1, -0.05) is 17.7 Å². The molecule has 0 aliphatic carbocycles. The van der Waals surface area contributed by atoms with E-state index in [1.54, 1.807) is 35.2 Å². The van der Waals surface area contributed by atoms with E-state index in [9.17, 15) is 15.3 Å². The summed E-state index contributed by atoms with van der Waals surface area (Å²) in [5.74, 6) is 0.384. The van der Waals surface area contributed by atoms with Crippen LogP contribution in [0.5, 0.6) is 11.5 Å². The molecular formula is C22H26LiN3O4-2. The van der Waals surface area contributed by atoms with E-state index in [4.69, 9.17) is 15.2 Å². The second-order valence-electron chi connectivity index (χ2n) is 6.45. The van der Waals surface area contributed by atoms with Crippen molar-refractivity contribution in [3.05, 3.63) is 64.9 Å². The third-order valence-electron chi connectivity index (χ3n) is 4.41. The Kier molecular flexibility index (Phi) is 11.1. The number of rotatable bonds is 6. The van der Waals surface area contributed by atoms with Crippen LogP contribution in [0.1, 0.15) is 23.6 Å². The van der Waals surface area contributed by atoms with Gasteiger partial charge in [-0.15, -0.1) is 5.71 Å². The molecule has 0 aromatic heterocycles. The number of hydrogen-bond acceptors (Lipinski definition) is 5. The van der Waals surface area contributed by atoms with Gasteiger partial charge in [0.05, 0.1) is 20.3 Å². The minimum Gasteiger partial charge on any atom is -0.803 e. The summed E-state index contributed by atoms with van der Waals surface area (Å²) in [7, 11) is 1.50. The third-order valence-corrected chi connectivity index (χ3v) is 4.41. The molecule has 0 saturated carbocycles. The van der Waals surface area contributed by atoms with Gasteiger partial charge >= 0.3 is 18.9 Å². The first-order valence-corrected chi connectivity index (χ1v) is 9.30. The van der Waals surface area contributed by atoms with Crippen LogP contribution in [0, 0.1) is 6.42 Å². The first kappa shape index (κ1) is 25.6. The molecule has 0 radical (unpaired) electrons. The molecule has 2 aromatic rings. The van der Waals surface area contributed by atoms with Crippen LogP contribution in [0.3, 0.4) is 0 Å². The zero-order valence-electron chi connectivity index (χ0n) is 17.7. The van der Waals surface area contributed by atoms with E-state index in [2.05, 4.69) is 0 Å². The van der Waals surface area contributed by atoms with Gasteiger partial charge in [-0.2, -0.15) is 19.8 Å². The van der Waals surface area contributed by atoms with Crippen molar-refractivity contribution >= 4 is 17.8 Å². The second-order valence-corrected chi connectivity index (χ2v) is 6.45. The Morgan fingerprint density at radius 1 is 1.30 bits per heavy atom. The van der Waals surface area contributed by atoms with Crippen LogP contribution in [-0.2, 0) is 16.0 Å². The largest absolute Gasteiger partial charge is 1.00 e. The maximum Gasteiger partial charge on any atom is 1.00 e. The van der Waals surface area contributed by atoms with Gasteiger partial charge in [-0.05, 0) is 35.4 Å². The van der Waals surface area contributed by atoms with Crippen LogP contribution in [0.4, 0.5) is 5.69 Å². The van der Waals surface area contributed by atoms with Crippen molar-refractivity contribution in [1.29, 1.82) is 0 Å². The van der Waals surface area contributed by atoms with E-state index < -0.39 is 0 Å². The molecule has 1 heterocycles. The number of nitrogens with zero attached hydrogens (tertiary/aromatic N) is 2. The average Bonchev–Trinajstić information content (AvgIpc) is 2.76. The predicted molar refractivity (Wildman–Crippen MR) is 114 cm³/mol. The van der Waals surface area contributed by atoms with Gasteiger partial charge in [0.1, 0.15) is 0 Å². The number of amides is 1.